The van der Waals surface area contributed by atoms with Crippen LogP contribution in [0.4, 0.5) is 0 Å². The molecule has 0 saturated carbocycles. The molecule has 0 N–H and O–H groups in total. The quantitative estimate of drug-likeness (QED) is 0.517. The first kappa shape index (κ1) is 13.2. The minimum absolute atomic E-state index is 0.870. The van der Waals surface area contributed by atoms with Crippen LogP contribution in [-0.4, -0.2) is 14.5 Å². The first-order valence-corrected chi connectivity index (χ1v) is 7.77. The Bertz CT molecular complexity index is 928. The number of imidazole rings is 1. The molecule has 2 aromatic carbocycles. The van der Waals surface area contributed by atoms with Crippen LogP contribution in [0.15, 0.2) is 77.4 Å². The molecule has 2 aromatic heterocycles. The van der Waals surface area contributed by atoms with Gasteiger partial charge in [0.05, 0.1) is 11.0 Å². The Balaban J connectivity index is 2.04. The van der Waals surface area contributed by atoms with Crippen molar-refractivity contribution >= 4 is 27.0 Å². The molecule has 106 valence electrons. The van der Waals surface area contributed by atoms with Gasteiger partial charge in [-0.05, 0) is 36.4 Å². The van der Waals surface area contributed by atoms with Crippen LogP contribution in [0.2, 0.25) is 0 Å². The number of hydrogen-bond donors (Lipinski definition) is 0. The Morgan fingerprint density at radius 3 is 2.36 bits per heavy atom. The predicted octanol–water partition coefficient (Wildman–Crippen LogP) is 4.85. The van der Waals surface area contributed by atoms with E-state index in [0.717, 1.165) is 32.7 Å². The molecule has 4 heteroatoms. The van der Waals surface area contributed by atoms with Gasteiger partial charge in [0.1, 0.15) is 11.6 Å². The maximum absolute atomic E-state index is 4.80. The molecular formula is C18H12BrN3. The number of halogens is 1. The van der Waals surface area contributed by atoms with Crippen molar-refractivity contribution in [3.05, 3.63) is 77.4 Å². The van der Waals surface area contributed by atoms with E-state index in [-0.39, 0.29) is 0 Å². The molecule has 3 nitrogen and oxygen atoms in total. The fourth-order valence-corrected chi connectivity index (χ4v) is 2.80. The van der Waals surface area contributed by atoms with E-state index in [0.29, 0.717) is 0 Å². The van der Waals surface area contributed by atoms with Gasteiger partial charge in [0, 0.05) is 16.2 Å². The second kappa shape index (κ2) is 5.39. The minimum Gasteiger partial charge on any atom is -0.276 e. The third-order valence-corrected chi connectivity index (χ3v) is 4.07. The summed E-state index contributed by atoms with van der Waals surface area (Å²) >= 11 is 3.48. The maximum atomic E-state index is 4.80. The van der Waals surface area contributed by atoms with Crippen LogP contribution < -0.4 is 0 Å². The van der Waals surface area contributed by atoms with E-state index in [1.54, 1.807) is 6.20 Å². The largest absolute Gasteiger partial charge is 0.276 e. The molecule has 4 aromatic rings. The number of nitrogens with zero attached hydrogens (tertiary/aromatic N) is 3. The fourth-order valence-electron chi connectivity index (χ4n) is 2.54. The smallest absolute Gasteiger partial charge is 0.146 e. The first-order valence-electron chi connectivity index (χ1n) is 6.98. The van der Waals surface area contributed by atoms with E-state index in [4.69, 9.17) is 4.98 Å². The van der Waals surface area contributed by atoms with Crippen molar-refractivity contribution < 1.29 is 0 Å². The number of benzene rings is 2. The van der Waals surface area contributed by atoms with Gasteiger partial charge in [0.25, 0.3) is 0 Å². The standard InChI is InChI=1S/C18H12BrN3/c19-14-10-8-13(9-11-14)18-21-15-5-1-2-6-16(15)22(18)17-7-3-4-12-20-17/h1-12H. The average Bonchev–Trinajstić information content (AvgIpc) is 2.96. The molecule has 2 heterocycles. The highest BCUT2D eigenvalue weighted by molar-refractivity contribution is 9.10. The summed E-state index contributed by atoms with van der Waals surface area (Å²) in [6.45, 7) is 0. The van der Waals surface area contributed by atoms with E-state index < -0.39 is 0 Å². The van der Waals surface area contributed by atoms with Gasteiger partial charge >= 0.3 is 0 Å². The zero-order chi connectivity index (χ0) is 14.9. The summed E-state index contributed by atoms with van der Waals surface area (Å²) in [5.41, 5.74) is 3.08. The Kier molecular flexibility index (Phi) is 3.24. The maximum Gasteiger partial charge on any atom is 0.146 e. The second-order valence-electron chi connectivity index (χ2n) is 4.95. The van der Waals surface area contributed by atoms with E-state index in [2.05, 4.69) is 43.7 Å². The van der Waals surface area contributed by atoms with Crippen LogP contribution in [0.5, 0.6) is 0 Å². The van der Waals surface area contributed by atoms with Crippen molar-refractivity contribution in [1.82, 2.24) is 14.5 Å². The topological polar surface area (TPSA) is 30.7 Å². The van der Waals surface area contributed by atoms with Crippen LogP contribution in [0.25, 0.3) is 28.2 Å². The second-order valence-corrected chi connectivity index (χ2v) is 5.87. The number of aromatic nitrogens is 3. The highest BCUT2D eigenvalue weighted by Gasteiger charge is 2.14. The van der Waals surface area contributed by atoms with Gasteiger partial charge < -0.3 is 0 Å². The molecule has 22 heavy (non-hydrogen) atoms. The summed E-state index contributed by atoms with van der Waals surface area (Å²) in [5, 5.41) is 0. The molecule has 0 atom stereocenters. The lowest BCUT2D eigenvalue weighted by Crippen LogP contribution is -1.99. The molecule has 0 amide bonds. The molecule has 0 aliphatic carbocycles. The summed E-state index contributed by atoms with van der Waals surface area (Å²) in [6, 6.07) is 22.2. The number of para-hydroxylation sites is 2. The van der Waals surface area contributed by atoms with Crippen LogP contribution in [0.1, 0.15) is 0 Å². The van der Waals surface area contributed by atoms with Crippen LogP contribution in [0, 0.1) is 0 Å². The summed E-state index contributed by atoms with van der Waals surface area (Å²) in [7, 11) is 0. The molecule has 0 bridgehead atoms. The fraction of sp³-hybridized carbons (Fsp3) is 0. The zero-order valence-corrected chi connectivity index (χ0v) is 13.2. The summed E-state index contributed by atoms with van der Waals surface area (Å²) in [4.78, 5) is 9.29. The van der Waals surface area contributed by atoms with Crippen molar-refractivity contribution in [2.24, 2.45) is 0 Å². The summed E-state index contributed by atoms with van der Waals surface area (Å²) in [6.07, 6.45) is 1.80. The number of hydrogen-bond acceptors (Lipinski definition) is 2. The molecule has 0 radical (unpaired) electrons. The van der Waals surface area contributed by atoms with Gasteiger partial charge in [0.2, 0.25) is 0 Å². The molecular weight excluding hydrogens is 338 g/mol. The Labute approximate surface area is 136 Å². The van der Waals surface area contributed by atoms with E-state index in [1.165, 1.54) is 0 Å². The predicted molar refractivity (Wildman–Crippen MR) is 92.0 cm³/mol. The number of pyridine rings is 1. The molecule has 0 unspecified atom stereocenters. The third-order valence-electron chi connectivity index (χ3n) is 3.54. The molecule has 0 aliphatic heterocycles. The van der Waals surface area contributed by atoms with Gasteiger partial charge in [0.15, 0.2) is 0 Å². The van der Waals surface area contributed by atoms with Crippen LogP contribution in [0.3, 0.4) is 0 Å². The third kappa shape index (κ3) is 2.22. The summed E-state index contributed by atoms with van der Waals surface area (Å²) < 4.78 is 3.15. The lowest BCUT2D eigenvalue weighted by molar-refractivity contribution is 1.03. The van der Waals surface area contributed by atoms with Crippen molar-refractivity contribution in [2.75, 3.05) is 0 Å². The monoisotopic (exact) mass is 349 g/mol. The Hall–Kier alpha value is -2.46. The van der Waals surface area contributed by atoms with Gasteiger partial charge in [-0.2, -0.15) is 0 Å². The molecule has 0 fully saturated rings. The lowest BCUT2D eigenvalue weighted by atomic mass is 10.2. The van der Waals surface area contributed by atoms with Gasteiger partial charge in [-0.1, -0.05) is 46.3 Å². The van der Waals surface area contributed by atoms with Crippen LogP contribution in [-0.2, 0) is 0 Å². The first-order chi connectivity index (χ1) is 10.8. The normalized spacial score (nSPS) is 11.0. The number of fused-ring (bicyclic) bond motifs is 1. The molecule has 0 spiro atoms. The average molecular weight is 350 g/mol. The van der Waals surface area contributed by atoms with Crippen molar-refractivity contribution in [1.29, 1.82) is 0 Å². The van der Waals surface area contributed by atoms with Crippen molar-refractivity contribution in [3.8, 4) is 17.2 Å². The SMILES string of the molecule is Brc1ccc(-c2nc3ccccc3n2-c2ccccn2)cc1. The minimum atomic E-state index is 0.870. The highest BCUT2D eigenvalue weighted by Crippen LogP contribution is 2.28. The molecule has 4 rings (SSSR count). The Morgan fingerprint density at radius 2 is 1.59 bits per heavy atom. The van der Waals surface area contributed by atoms with E-state index >= 15 is 0 Å². The lowest BCUT2D eigenvalue weighted by Gasteiger charge is -2.08. The highest BCUT2D eigenvalue weighted by atomic mass is 79.9. The van der Waals surface area contributed by atoms with Crippen molar-refractivity contribution in [2.45, 2.75) is 0 Å². The number of rotatable bonds is 2. The molecule has 0 saturated heterocycles. The zero-order valence-electron chi connectivity index (χ0n) is 11.6. The molecule has 0 aliphatic rings. The van der Waals surface area contributed by atoms with Gasteiger partial charge in [-0.15, -0.1) is 0 Å². The van der Waals surface area contributed by atoms with Gasteiger partial charge in [-0.3, -0.25) is 4.57 Å². The van der Waals surface area contributed by atoms with Crippen LogP contribution >= 0.6 is 15.9 Å². The van der Waals surface area contributed by atoms with Gasteiger partial charge in [-0.25, -0.2) is 9.97 Å². The van der Waals surface area contributed by atoms with E-state index in [9.17, 15) is 0 Å². The Morgan fingerprint density at radius 1 is 0.818 bits per heavy atom. The summed E-state index contributed by atoms with van der Waals surface area (Å²) in [5.74, 6) is 1.77. The van der Waals surface area contributed by atoms with E-state index in [1.807, 2.05) is 48.5 Å². The van der Waals surface area contributed by atoms with Crippen molar-refractivity contribution in [3.63, 3.8) is 0 Å².